The van der Waals surface area contributed by atoms with E-state index < -0.39 is 0 Å². The monoisotopic (exact) mass is 325 g/mol. The van der Waals surface area contributed by atoms with Gasteiger partial charge in [0.05, 0.1) is 6.10 Å². The number of carbonyl (C=O) groups is 1. The minimum absolute atomic E-state index is 0.116. The lowest BCUT2D eigenvalue weighted by Gasteiger charge is -2.12. The number of hydrogen-bond acceptors (Lipinski definition) is 3. The summed E-state index contributed by atoms with van der Waals surface area (Å²) in [5.41, 5.74) is 3.62. The Kier molecular flexibility index (Phi) is 5.16. The van der Waals surface area contributed by atoms with E-state index in [9.17, 15) is 4.79 Å². The molecular formula is C20H23NO3. The molecule has 2 aromatic rings. The smallest absolute Gasteiger partial charge is 0.255 e. The third-order valence-corrected chi connectivity index (χ3v) is 4.22. The number of anilines is 1. The summed E-state index contributed by atoms with van der Waals surface area (Å²) in [5, 5.41) is 2.96. The van der Waals surface area contributed by atoms with E-state index in [4.69, 9.17) is 9.47 Å². The van der Waals surface area contributed by atoms with Crippen LogP contribution in [0.15, 0.2) is 42.5 Å². The second kappa shape index (κ2) is 7.49. The van der Waals surface area contributed by atoms with E-state index in [1.807, 2.05) is 44.2 Å². The zero-order valence-electron chi connectivity index (χ0n) is 14.2. The first-order chi connectivity index (χ1) is 11.6. The average Bonchev–Trinajstić information content (AvgIpc) is 3.10. The number of amides is 1. The average molecular weight is 325 g/mol. The van der Waals surface area contributed by atoms with Crippen molar-refractivity contribution >= 4 is 11.6 Å². The van der Waals surface area contributed by atoms with Crippen LogP contribution < -0.4 is 10.1 Å². The van der Waals surface area contributed by atoms with Crippen LogP contribution in [0.2, 0.25) is 0 Å². The second-order valence-corrected chi connectivity index (χ2v) is 6.24. The first-order valence-corrected chi connectivity index (χ1v) is 8.35. The van der Waals surface area contributed by atoms with Crippen LogP contribution in [0.3, 0.4) is 0 Å². The highest BCUT2D eigenvalue weighted by atomic mass is 16.5. The van der Waals surface area contributed by atoms with Crippen LogP contribution in [0.4, 0.5) is 5.69 Å². The van der Waals surface area contributed by atoms with Crippen molar-refractivity contribution in [3.05, 3.63) is 59.2 Å². The molecule has 0 spiro atoms. The van der Waals surface area contributed by atoms with Crippen molar-refractivity contribution in [2.45, 2.75) is 32.8 Å². The minimum Gasteiger partial charge on any atom is -0.491 e. The summed E-state index contributed by atoms with van der Waals surface area (Å²) in [4.78, 5) is 12.4. The molecule has 1 heterocycles. The maximum atomic E-state index is 12.4. The summed E-state index contributed by atoms with van der Waals surface area (Å²) in [6.07, 6.45) is 2.35. The van der Waals surface area contributed by atoms with Crippen molar-refractivity contribution in [3.8, 4) is 5.75 Å². The summed E-state index contributed by atoms with van der Waals surface area (Å²) in [7, 11) is 0. The fourth-order valence-corrected chi connectivity index (χ4v) is 2.73. The molecule has 3 rings (SSSR count). The zero-order valence-corrected chi connectivity index (χ0v) is 14.2. The highest BCUT2D eigenvalue weighted by Crippen LogP contribution is 2.19. The molecule has 1 aliphatic heterocycles. The van der Waals surface area contributed by atoms with Crippen LogP contribution in [-0.4, -0.2) is 25.2 Å². The van der Waals surface area contributed by atoms with Crippen LogP contribution in [0.25, 0.3) is 0 Å². The van der Waals surface area contributed by atoms with E-state index in [0.29, 0.717) is 12.2 Å². The third-order valence-electron chi connectivity index (χ3n) is 4.22. The van der Waals surface area contributed by atoms with Crippen molar-refractivity contribution in [3.63, 3.8) is 0 Å². The molecule has 24 heavy (non-hydrogen) atoms. The van der Waals surface area contributed by atoms with E-state index in [2.05, 4.69) is 5.32 Å². The summed E-state index contributed by atoms with van der Waals surface area (Å²) in [5.74, 6) is 0.642. The van der Waals surface area contributed by atoms with E-state index in [-0.39, 0.29) is 12.0 Å². The molecule has 0 saturated carbocycles. The predicted molar refractivity (Wildman–Crippen MR) is 94.8 cm³/mol. The lowest BCUT2D eigenvalue weighted by molar-refractivity contribution is 0.0679. The molecule has 4 heteroatoms. The molecule has 1 amide bonds. The molecule has 1 aliphatic rings. The van der Waals surface area contributed by atoms with Gasteiger partial charge in [-0.3, -0.25) is 4.79 Å². The van der Waals surface area contributed by atoms with E-state index in [1.54, 1.807) is 12.1 Å². The van der Waals surface area contributed by atoms with Crippen molar-refractivity contribution in [1.29, 1.82) is 0 Å². The van der Waals surface area contributed by atoms with E-state index >= 15 is 0 Å². The van der Waals surface area contributed by atoms with Crippen molar-refractivity contribution < 1.29 is 14.3 Å². The summed E-state index contributed by atoms with van der Waals surface area (Å²) in [6.45, 7) is 5.38. The van der Waals surface area contributed by atoms with Crippen LogP contribution in [0, 0.1) is 13.8 Å². The number of carbonyl (C=O) groups excluding carboxylic acids is 1. The fourth-order valence-electron chi connectivity index (χ4n) is 2.73. The number of rotatable bonds is 5. The number of nitrogens with one attached hydrogen (secondary N) is 1. The number of hydrogen-bond donors (Lipinski definition) is 1. The van der Waals surface area contributed by atoms with Gasteiger partial charge in [-0.1, -0.05) is 12.1 Å². The van der Waals surface area contributed by atoms with Gasteiger partial charge in [-0.2, -0.15) is 0 Å². The molecule has 126 valence electrons. The minimum atomic E-state index is -0.116. The van der Waals surface area contributed by atoms with Crippen LogP contribution in [0.1, 0.15) is 34.3 Å². The lowest BCUT2D eigenvalue weighted by Crippen LogP contribution is -2.16. The Bertz CT molecular complexity index is 703. The predicted octanol–water partition coefficient (Wildman–Crippen LogP) is 4.11. The summed E-state index contributed by atoms with van der Waals surface area (Å²) >= 11 is 0. The number of ether oxygens (including phenoxy) is 2. The molecule has 0 aromatic heterocycles. The molecule has 1 atom stereocenters. The highest BCUT2D eigenvalue weighted by molar-refractivity contribution is 6.04. The van der Waals surface area contributed by atoms with Gasteiger partial charge in [0.25, 0.3) is 5.91 Å². The molecule has 0 aliphatic carbocycles. The maximum absolute atomic E-state index is 12.4. The first-order valence-electron chi connectivity index (χ1n) is 8.35. The highest BCUT2D eigenvalue weighted by Gasteiger charge is 2.16. The number of benzene rings is 2. The van der Waals surface area contributed by atoms with Crippen molar-refractivity contribution in [1.82, 2.24) is 0 Å². The first kappa shape index (κ1) is 16.5. The van der Waals surface area contributed by atoms with Gasteiger partial charge in [0.15, 0.2) is 0 Å². The van der Waals surface area contributed by atoms with E-state index in [0.717, 1.165) is 42.0 Å². The maximum Gasteiger partial charge on any atom is 0.255 e. The van der Waals surface area contributed by atoms with Crippen molar-refractivity contribution in [2.75, 3.05) is 18.5 Å². The standard InChI is InChI=1S/C20H23NO3/c1-14-5-6-15(2)19(12-14)21-20(22)16-7-9-17(10-8-16)24-13-18-4-3-11-23-18/h5-10,12,18H,3-4,11,13H2,1-2H3,(H,21,22)/t18-/m1/s1. The lowest BCUT2D eigenvalue weighted by atomic mass is 10.1. The molecule has 1 N–H and O–H groups in total. The Balaban J connectivity index is 1.59. The molecule has 0 unspecified atom stereocenters. The molecular weight excluding hydrogens is 302 g/mol. The Morgan fingerprint density at radius 3 is 2.71 bits per heavy atom. The largest absolute Gasteiger partial charge is 0.491 e. The second-order valence-electron chi connectivity index (χ2n) is 6.24. The van der Waals surface area contributed by atoms with Crippen molar-refractivity contribution in [2.24, 2.45) is 0 Å². The molecule has 4 nitrogen and oxygen atoms in total. The molecule has 1 saturated heterocycles. The van der Waals surface area contributed by atoms with Gasteiger partial charge in [-0.05, 0) is 68.1 Å². The normalized spacial score (nSPS) is 16.8. The fraction of sp³-hybridized carbons (Fsp3) is 0.350. The van der Waals surface area contributed by atoms with Gasteiger partial charge in [-0.15, -0.1) is 0 Å². The topological polar surface area (TPSA) is 47.6 Å². The SMILES string of the molecule is Cc1ccc(C)c(NC(=O)c2ccc(OC[C@H]3CCCO3)cc2)c1. The van der Waals surface area contributed by atoms with E-state index in [1.165, 1.54) is 0 Å². The quantitative estimate of drug-likeness (QED) is 0.900. The van der Waals surface area contributed by atoms with Gasteiger partial charge in [0.1, 0.15) is 12.4 Å². The Morgan fingerprint density at radius 2 is 2.00 bits per heavy atom. The van der Waals surface area contributed by atoms with Gasteiger partial charge < -0.3 is 14.8 Å². The molecule has 2 aromatic carbocycles. The van der Waals surface area contributed by atoms with Gasteiger partial charge >= 0.3 is 0 Å². The molecule has 1 fully saturated rings. The zero-order chi connectivity index (χ0) is 16.9. The third kappa shape index (κ3) is 4.15. The molecule has 0 radical (unpaired) electrons. The molecule has 0 bridgehead atoms. The van der Waals surface area contributed by atoms with Crippen LogP contribution in [-0.2, 0) is 4.74 Å². The summed E-state index contributed by atoms with van der Waals surface area (Å²) < 4.78 is 11.3. The van der Waals surface area contributed by atoms with Gasteiger partial charge in [-0.25, -0.2) is 0 Å². The summed E-state index contributed by atoms with van der Waals surface area (Å²) in [6, 6.07) is 13.2. The Morgan fingerprint density at radius 1 is 1.21 bits per heavy atom. The van der Waals surface area contributed by atoms with Gasteiger partial charge in [0, 0.05) is 17.9 Å². The number of aryl methyl sites for hydroxylation is 2. The van der Waals surface area contributed by atoms with Gasteiger partial charge in [0.2, 0.25) is 0 Å². The Hall–Kier alpha value is -2.33. The van der Waals surface area contributed by atoms with Crippen LogP contribution in [0.5, 0.6) is 5.75 Å². The Labute approximate surface area is 142 Å². The van der Waals surface area contributed by atoms with Crippen LogP contribution >= 0.6 is 0 Å².